The normalized spacial score (nSPS) is 9.61. The smallest absolute Gasteiger partial charge is 0.252 e. The highest BCUT2D eigenvalue weighted by molar-refractivity contribution is 6.67. The van der Waals surface area contributed by atoms with E-state index in [1.807, 2.05) is 24.4 Å². The highest BCUT2D eigenvalue weighted by Gasteiger charge is 2.01. The Labute approximate surface area is 117 Å². The fourth-order valence-corrected chi connectivity index (χ4v) is 1.76. The van der Waals surface area contributed by atoms with Crippen molar-refractivity contribution in [2.24, 2.45) is 0 Å². The minimum Gasteiger partial charge on any atom is -0.276 e. The Morgan fingerprint density at radius 1 is 1.06 bits per heavy atom. The van der Waals surface area contributed by atoms with Crippen LogP contribution in [0.3, 0.4) is 0 Å². The second-order valence-corrected chi connectivity index (χ2v) is 4.18. The van der Waals surface area contributed by atoms with Crippen molar-refractivity contribution < 1.29 is 4.79 Å². The number of nitrogens with zero attached hydrogens (tertiary/aromatic N) is 1. The van der Waals surface area contributed by atoms with Crippen LogP contribution in [-0.4, -0.2) is 10.2 Å². The van der Waals surface area contributed by atoms with Crippen LogP contribution < -0.4 is 0 Å². The van der Waals surface area contributed by atoms with Gasteiger partial charge in [0.2, 0.25) is 0 Å². The maximum atomic E-state index is 10.9. The first-order valence-electron chi connectivity index (χ1n) is 5.43. The van der Waals surface area contributed by atoms with Crippen molar-refractivity contribution in [2.45, 2.75) is 12.8 Å². The van der Waals surface area contributed by atoms with Gasteiger partial charge in [-0.05, 0) is 53.8 Å². The lowest BCUT2D eigenvalue weighted by molar-refractivity contribution is 0.108. The first-order chi connectivity index (χ1) is 8.25. The van der Waals surface area contributed by atoms with Crippen LogP contribution in [-0.2, 0) is 12.8 Å². The average Bonchev–Trinajstić information content (AvgIpc) is 2.38. The van der Waals surface area contributed by atoms with Gasteiger partial charge in [0.25, 0.3) is 5.24 Å². The summed E-state index contributed by atoms with van der Waals surface area (Å²) in [5.41, 5.74) is 2.94. The van der Waals surface area contributed by atoms with E-state index in [9.17, 15) is 4.79 Å². The van der Waals surface area contributed by atoms with E-state index in [-0.39, 0.29) is 12.4 Å². The molecule has 2 rings (SSSR count). The first-order valence-corrected chi connectivity index (χ1v) is 5.81. The lowest BCUT2D eigenvalue weighted by Gasteiger charge is -2.02. The molecule has 2 aromatic rings. The highest BCUT2D eigenvalue weighted by atomic mass is 35.5. The summed E-state index contributed by atoms with van der Waals surface area (Å²) >= 11 is 5.38. The van der Waals surface area contributed by atoms with E-state index >= 15 is 0 Å². The molecule has 0 bridgehead atoms. The average molecular weight is 282 g/mol. The molecule has 4 heteroatoms. The Balaban J connectivity index is 0.00000162. The molecule has 0 aliphatic rings. The number of aromatic nitrogens is 1. The zero-order valence-corrected chi connectivity index (χ0v) is 11.2. The minimum atomic E-state index is -0.413. The van der Waals surface area contributed by atoms with Crippen molar-refractivity contribution in [3.05, 3.63) is 65.5 Å². The molecule has 0 saturated carbocycles. The molecule has 0 aliphatic heterocycles. The van der Waals surface area contributed by atoms with Gasteiger partial charge in [0.1, 0.15) is 0 Å². The van der Waals surface area contributed by atoms with Crippen molar-refractivity contribution in [1.82, 2.24) is 4.98 Å². The molecule has 18 heavy (non-hydrogen) atoms. The summed E-state index contributed by atoms with van der Waals surface area (Å²) in [4.78, 5) is 15.0. The lowest BCUT2D eigenvalue weighted by Crippen LogP contribution is -1.93. The van der Waals surface area contributed by atoms with Crippen LogP contribution in [0.1, 0.15) is 21.5 Å². The van der Waals surface area contributed by atoms with Gasteiger partial charge in [0.05, 0.1) is 0 Å². The number of hydrogen-bond acceptors (Lipinski definition) is 2. The molecular weight excluding hydrogens is 269 g/mol. The largest absolute Gasteiger partial charge is 0.276 e. The molecule has 1 aromatic heterocycles. The number of halogens is 2. The van der Waals surface area contributed by atoms with Gasteiger partial charge >= 0.3 is 0 Å². The molecule has 1 aromatic carbocycles. The predicted molar refractivity (Wildman–Crippen MR) is 75.5 cm³/mol. The van der Waals surface area contributed by atoms with Gasteiger partial charge in [0, 0.05) is 18.0 Å². The summed E-state index contributed by atoms with van der Waals surface area (Å²) in [5, 5.41) is -0.413. The van der Waals surface area contributed by atoms with Gasteiger partial charge in [-0.15, -0.1) is 12.4 Å². The minimum absolute atomic E-state index is 0. The molecule has 0 N–H and O–H groups in total. The van der Waals surface area contributed by atoms with E-state index in [0.717, 1.165) is 12.8 Å². The predicted octanol–water partition coefficient (Wildman–Crippen LogP) is 3.67. The van der Waals surface area contributed by atoms with E-state index in [2.05, 4.69) is 11.1 Å². The number of rotatable bonds is 4. The van der Waals surface area contributed by atoms with Crippen molar-refractivity contribution in [1.29, 1.82) is 0 Å². The van der Waals surface area contributed by atoms with Crippen molar-refractivity contribution in [3.8, 4) is 0 Å². The highest BCUT2D eigenvalue weighted by Crippen LogP contribution is 2.10. The van der Waals surface area contributed by atoms with Crippen LogP contribution in [0.4, 0.5) is 0 Å². The molecule has 0 spiro atoms. The van der Waals surface area contributed by atoms with E-state index in [1.54, 1.807) is 18.3 Å². The van der Waals surface area contributed by atoms with E-state index in [0.29, 0.717) is 5.56 Å². The van der Waals surface area contributed by atoms with E-state index < -0.39 is 5.24 Å². The topological polar surface area (TPSA) is 30.0 Å². The van der Waals surface area contributed by atoms with E-state index in [4.69, 9.17) is 11.6 Å². The molecule has 1 heterocycles. The van der Waals surface area contributed by atoms with Crippen molar-refractivity contribution >= 4 is 29.3 Å². The number of hydrogen-bond donors (Lipinski definition) is 0. The van der Waals surface area contributed by atoms with Gasteiger partial charge in [-0.25, -0.2) is 0 Å². The molecule has 0 radical (unpaired) electrons. The zero-order valence-electron chi connectivity index (χ0n) is 9.67. The van der Waals surface area contributed by atoms with Crippen LogP contribution in [0.15, 0.2) is 48.8 Å². The van der Waals surface area contributed by atoms with Crippen molar-refractivity contribution in [2.75, 3.05) is 0 Å². The maximum Gasteiger partial charge on any atom is 0.252 e. The summed E-state index contributed by atoms with van der Waals surface area (Å²) < 4.78 is 0. The standard InChI is InChI=1S/C14H12ClNO.ClH/c15-14(17)13-7-5-11(6-8-13)3-4-12-2-1-9-16-10-12;/h1-2,5-10H,3-4H2;1H. The summed E-state index contributed by atoms with van der Waals surface area (Å²) in [6.07, 6.45) is 5.52. The molecule has 0 fully saturated rings. The van der Waals surface area contributed by atoms with Gasteiger partial charge in [-0.3, -0.25) is 9.78 Å². The third-order valence-corrected chi connectivity index (χ3v) is 2.82. The maximum absolute atomic E-state index is 10.9. The van der Waals surface area contributed by atoms with Crippen LogP contribution in [0.5, 0.6) is 0 Å². The second kappa shape index (κ2) is 7.14. The number of carbonyl (C=O) groups is 1. The molecule has 0 amide bonds. The van der Waals surface area contributed by atoms with Gasteiger partial charge in [0.15, 0.2) is 0 Å². The van der Waals surface area contributed by atoms with Crippen molar-refractivity contribution in [3.63, 3.8) is 0 Å². The molecular formula is C14H13Cl2NO. The molecule has 2 nitrogen and oxygen atoms in total. The monoisotopic (exact) mass is 281 g/mol. The molecule has 0 saturated heterocycles. The van der Waals surface area contributed by atoms with Crippen LogP contribution in [0.25, 0.3) is 0 Å². The van der Waals surface area contributed by atoms with Crippen LogP contribution in [0, 0.1) is 0 Å². The first kappa shape index (κ1) is 14.7. The molecule has 94 valence electrons. The van der Waals surface area contributed by atoms with Gasteiger partial charge in [-0.1, -0.05) is 18.2 Å². The molecule has 0 unspecified atom stereocenters. The van der Waals surface area contributed by atoms with Gasteiger partial charge in [-0.2, -0.15) is 0 Å². The Morgan fingerprint density at radius 3 is 2.28 bits per heavy atom. The summed E-state index contributed by atoms with van der Waals surface area (Å²) in [5.74, 6) is 0. The van der Waals surface area contributed by atoms with E-state index in [1.165, 1.54) is 11.1 Å². The Bertz CT molecular complexity index is 497. The number of carbonyl (C=O) groups excluding carboxylic acids is 1. The number of aryl methyl sites for hydroxylation is 2. The Kier molecular flexibility index (Phi) is 5.83. The second-order valence-electron chi connectivity index (χ2n) is 3.83. The summed E-state index contributed by atoms with van der Waals surface area (Å²) in [6, 6.07) is 11.4. The summed E-state index contributed by atoms with van der Waals surface area (Å²) in [6.45, 7) is 0. The fourth-order valence-electron chi connectivity index (χ4n) is 1.64. The third-order valence-electron chi connectivity index (χ3n) is 2.61. The number of benzene rings is 1. The Hall–Kier alpha value is -1.38. The van der Waals surface area contributed by atoms with Gasteiger partial charge < -0.3 is 0 Å². The fraction of sp³-hybridized carbons (Fsp3) is 0.143. The zero-order chi connectivity index (χ0) is 12.1. The lowest BCUT2D eigenvalue weighted by atomic mass is 10.0. The molecule has 0 aliphatic carbocycles. The molecule has 0 atom stereocenters. The number of pyridine rings is 1. The van der Waals surface area contributed by atoms with Crippen LogP contribution >= 0.6 is 24.0 Å². The quantitative estimate of drug-likeness (QED) is 0.801. The Morgan fingerprint density at radius 2 is 1.72 bits per heavy atom. The SMILES string of the molecule is Cl.O=C(Cl)c1ccc(CCc2cccnc2)cc1. The third kappa shape index (κ3) is 4.13. The van der Waals surface area contributed by atoms with Crippen LogP contribution in [0.2, 0.25) is 0 Å². The summed E-state index contributed by atoms with van der Waals surface area (Å²) in [7, 11) is 0.